The molecule has 2 aromatic carbocycles. The van der Waals surface area contributed by atoms with Crippen LogP contribution in [0, 0.1) is 6.92 Å². The summed E-state index contributed by atoms with van der Waals surface area (Å²) in [5.41, 5.74) is 3.83. The summed E-state index contributed by atoms with van der Waals surface area (Å²) in [6.07, 6.45) is 1.97. The third kappa shape index (κ3) is 3.78. The second kappa shape index (κ2) is 6.66. The molecule has 106 valence electrons. The van der Waals surface area contributed by atoms with E-state index >= 15 is 0 Å². The van der Waals surface area contributed by atoms with Gasteiger partial charge in [0.15, 0.2) is 0 Å². The normalized spacial score (nSPS) is 10.7. The van der Waals surface area contributed by atoms with Crippen LogP contribution < -0.4 is 5.32 Å². The van der Waals surface area contributed by atoms with Crippen LogP contribution in [0.2, 0.25) is 0 Å². The van der Waals surface area contributed by atoms with E-state index in [1.165, 1.54) is 21.6 Å². The zero-order chi connectivity index (χ0) is 14.5. The van der Waals surface area contributed by atoms with Crippen LogP contribution in [-0.2, 0) is 13.1 Å². The minimum atomic E-state index is 0.811. The van der Waals surface area contributed by atoms with Crippen molar-refractivity contribution in [3.63, 3.8) is 0 Å². The van der Waals surface area contributed by atoms with E-state index in [9.17, 15) is 0 Å². The molecule has 0 aliphatic carbocycles. The van der Waals surface area contributed by atoms with E-state index in [1.807, 2.05) is 12.3 Å². The lowest BCUT2D eigenvalue weighted by atomic mass is 10.1. The van der Waals surface area contributed by atoms with E-state index in [1.54, 1.807) is 11.3 Å². The first-order chi connectivity index (χ1) is 10.3. The van der Waals surface area contributed by atoms with Gasteiger partial charge in [-0.15, -0.1) is 11.3 Å². The van der Waals surface area contributed by atoms with E-state index < -0.39 is 0 Å². The summed E-state index contributed by atoms with van der Waals surface area (Å²) in [6.45, 7) is 3.80. The lowest BCUT2D eigenvalue weighted by Gasteiger charge is -2.02. The molecule has 1 aromatic heterocycles. The zero-order valence-electron chi connectivity index (χ0n) is 12.0. The molecule has 0 spiro atoms. The predicted molar refractivity (Wildman–Crippen MR) is 89.3 cm³/mol. The maximum absolute atomic E-state index is 4.51. The molecule has 0 atom stereocenters. The number of thiazole rings is 1. The van der Waals surface area contributed by atoms with Crippen molar-refractivity contribution < 1.29 is 0 Å². The summed E-state index contributed by atoms with van der Waals surface area (Å²) in [5.74, 6) is 0. The first-order valence-electron chi connectivity index (χ1n) is 7.07. The highest BCUT2D eigenvalue weighted by Gasteiger charge is 2.04. The third-order valence-corrected chi connectivity index (χ3v) is 4.35. The van der Waals surface area contributed by atoms with Gasteiger partial charge in [-0.1, -0.05) is 60.2 Å². The van der Waals surface area contributed by atoms with Crippen LogP contribution in [0.25, 0.3) is 10.4 Å². The minimum absolute atomic E-state index is 0.811. The molecule has 0 saturated carbocycles. The van der Waals surface area contributed by atoms with Gasteiger partial charge < -0.3 is 5.32 Å². The number of rotatable bonds is 5. The number of aromatic nitrogens is 1. The van der Waals surface area contributed by atoms with Gasteiger partial charge in [-0.25, -0.2) is 4.98 Å². The predicted octanol–water partition coefficient (Wildman–Crippen LogP) is 4.41. The number of hydrogen-bond acceptors (Lipinski definition) is 3. The van der Waals surface area contributed by atoms with Gasteiger partial charge in [0.1, 0.15) is 5.01 Å². The Kier molecular flexibility index (Phi) is 4.43. The Morgan fingerprint density at radius 1 is 1.00 bits per heavy atom. The molecular weight excluding hydrogens is 276 g/mol. The van der Waals surface area contributed by atoms with Crippen molar-refractivity contribution in [3.05, 3.63) is 76.9 Å². The lowest BCUT2D eigenvalue weighted by molar-refractivity contribution is 0.690. The molecule has 0 amide bonds. The van der Waals surface area contributed by atoms with Gasteiger partial charge >= 0.3 is 0 Å². The Hall–Kier alpha value is -1.97. The zero-order valence-corrected chi connectivity index (χ0v) is 12.9. The van der Waals surface area contributed by atoms with Gasteiger partial charge in [-0.3, -0.25) is 0 Å². The molecule has 0 saturated heterocycles. The molecule has 0 fully saturated rings. The second-order valence-electron chi connectivity index (χ2n) is 5.08. The summed E-state index contributed by atoms with van der Waals surface area (Å²) in [6, 6.07) is 19.0. The van der Waals surface area contributed by atoms with E-state index in [0.29, 0.717) is 0 Å². The van der Waals surface area contributed by atoms with Crippen molar-refractivity contribution in [2.24, 2.45) is 0 Å². The summed E-state index contributed by atoms with van der Waals surface area (Å²) >= 11 is 1.76. The van der Waals surface area contributed by atoms with E-state index in [2.05, 4.69) is 65.8 Å². The number of nitrogens with zero attached hydrogens (tertiary/aromatic N) is 1. The van der Waals surface area contributed by atoms with Crippen LogP contribution in [0.4, 0.5) is 0 Å². The van der Waals surface area contributed by atoms with E-state index in [-0.39, 0.29) is 0 Å². The van der Waals surface area contributed by atoms with Crippen LogP contribution in [0.1, 0.15) is 16.1 Å². The van der Waals surface area contributed by atoms with Gasteiger partial charge in [0, 0.05) is 19.3 Å². The molecule has 2 nitrogen and oxygen atoms in total. The Morgan fingerprint density at radius 2 is 1.86 bits per heavy atom. The largest absolute Gasteiger partial charge is 0.306 e. The molecule has 0 bridgehead atoms. The Bertz CT molecular complexity index is 704. The molecule has 3 rings (SSSR count). The Morgan fingerprint density at radius 3 is 2.67 bits per heavy atom. The number of hydrogen-bond donors (Lipinski definition) is 1. The molecule has 3 heteroatoms. The smallest absolute Gasteiger partial charge is 0.107 e. The first kappa shape index (κ1) is 14.0. The number of aryl methyl sites for hydroxylation is 1. The minimum Gasteiger partial charge on any atom is -0.306 e. The van der Waals surface area contributed by atoms with Crippen LogP contribution in [0.3, 0.4) is 0 Å². The van der Waals surface area contributed by atoms with E-state index in [4.69, 9.17) is 0 Å². The highest BCUT2D eigenvalue weighted by molar-refractivity contribution is 7.15. The van der Waals surface area contributed by atoms with Crippen molar-refractivity contribution in [3.8, 4) is 10.4 Å². The summed E-state index contributed by atoms with van der Waals surface area (Å²) in [4.78, 5) is 5.74. The fourth-order valence-electron chi connectivity index (χ4n) is 2.23. The van der Waals surface area contributed by atoms with Gasteiger partial charge in [0.25, 0.3) is 0 Å². The van der Waals surface area contributed by atoms with Crippen LogP contribution >= 0.6 is 11.3 Å². The highest BCUT2D eigenvalue weighted by Crippen LogP contribution is 2.26. The third-order valence-electron chi connectivity index (χ3n) is 3.30. The molecule has 3 aromatic rings. The van der Waals surface area contributed by atoms with Gasteiger partial charge in [0.2, 0.25) is 0 Å². The Labute approximate surface area is 129 Å². The molecule has 1 heterocycles. The van der Waals surface area contributed by atoms with Crippen molar-refractivity contribution in [2.45, 2.75) is 20.0 Å². The molecule has 0 unspecified atom stereocenters. The van der Waals surface area contributed by atoms with Gasteiger partial charge in [-0.2, -0.15) is 0 Å². The SMILES string of the molecule is Cc1cccc(-c2cnc(CNCc3ccccc3)s2)c1. The van der Waals surface area contributed by atoms with Crippen LogP contribution in [0.15, 0.2) is 60.8 Å². The molecule has 21 heavy (non-hydrogen) atoms. The maximum Gasteiger partial charge on any atom is 0.107 e. The molecule has 0 radical (unpaired) electrons. The average molecular weight is 294 g/mol. The van der Waals surface area contributed by atoms with Crippen LogP contribution in [-0.4, -0.2) is 4.98 Å². The lowest BCUT2D eigenvalue weighted by Crippen LogP contribution is -2.12. The summed E-state index contributed by atoms with van der Waals surface area (Å²) in [5, 5.41) is 4.57. The van der Waals surface area contributed by atoms with Gasteiger partial charge in [0.05, 0.1) is 4.88 Å². The summed E-state index contributed by atoms with van der Waals surface area (Å²) < 4.78 is 0. The van der Waals surface area contributed by atoms with Crippen molar-refractivity contribution in [1.82, 2.24) is 10.3 Å². The van der Waals surface area contributed by atoms with Crippen molar-refractivity contribution in [2.75, 3.05) is 0 Å². The molecule has 0 aliphatic rings. The fourth-order valence-corrected chi connectivity index (χ4v) is 3.12. The van der Waals surface area contributed by atoms with Crippen LogP contribution in [0.5, 0.6) is 0 Å². The topological polar surface area (TPSA) is 24.9 Å². The average Bonchev–Trinajstić information content (AvgIpc) is 2.97. The monoisotopic (exact) mass is 294 g/mol. The molecule has 0 aliphatic heterocycles. The van der Waals surface area contributed by atoms with E-state index in [0.717, 1.165) is 18.1 Å². The second-order valence-corrected chi connectivity index (χ2v) is 6.19. The maximum atomic E-state index is 4.51. The van der Waals surface area contributed by atoms with Gasteiger partial charge in [-0.05, 0) is 18.1 Å². The highest BCUT2D eigenvalue weighted by atomic mass is 32.1. The Balaban J connectivity index is 1.60. The number of benzene rings is 2. The van der Waals surface area contributed by atoms with Crippen molar-refractivity contribution in [1.29, 1.82) is 0 Å². The number of nitrogens with one attached hydrogen (secondary N) is 1. The summed E-state index contributed by atoms with van der Waals surface area (Å²) in [7, 11) is 0. The molecular formula is C18H18N2S. The van der Waals surface area contributed by atoms with Crippen molar-refractivity contribution >= 4 is 11.3 Å². The molecule has 1 N–H and O–H groups in total. The first-order valence-corrected chi connectivity index (χ1v) is 7.89. The quantitative estimate of drug-likeness (QED) is 0.754. The standard InChI is InChI=1S/C18H18N2S/c1-14-6-5-9-16(10-14)17-12-20-18(21-17)13-19-11-15-7-3-2-4-8-15/h2-10,12,19H,11,13H2,1H3. The fraction of sp³-hybridized carbons (Fsp3) is 0.167.